The molecule has 4 nitrogen and oxygen atoms in total. The highest BCUT2D eigenvalue weighted by Crippen LogP contribution is 2.37. The fraction of sp³-hybridized carbons (Fsp3) is 0.0435. The van der Waals surface area contributed by atoms with Crippen LogP contribution in [-0.2, 0) is 10.1 Å². The molecule has 0 radical (unpaired) electrons. The standard InChI is InChI=1S/C23H18O4S/c24-20-11-12-21-18(14-20)13-19(15-22(21)16-7-3-1-4-8-16)23(28(25,26)27)17-9-5-2-6-10-17/h1-15,23-24H,(H,25,26,27). The maximum absolute atomic E-state index is 12.3. The summed E-state index contributed by atoms with van der Waals surface area (Å²) in [5.41, 5.74) is 2.66. The molecule has 0 aliphatic heterocycles. The predicted molar refractivity (Wildman–Crippen MR) is 111 cm³/mol. The Bertz CT molecular complexity index is 1230. The maximum atomic E-state index is 12.3. The van der Waals surface area contributed by atoms with Crippen molar-refractivity contribution in [3.63, 3.8) is 0 Å². The molecule has 5 heteroatoms. The fourth-order valence-corrected chi connectivity index (χ4v) is 4.53. The van der Waals surface area contributed by atoms with Gasteiger partial charge in [0.1, 0.15) is 11.0 Å². The van der Waals surface area contributed by atoms with Gasteiger partial charge in [-0.2, -0.15) is 8.42 Å². The average molecular weight is 390 g/mol. The van der Waals surface area contributed by atoms with Crippen LogP contribution in [0.1, 0.15) is 16.4 Å². The zero-order valence-electron chi connectivity index (χ0n) is 14.9. The Labute approximate surface area is 163 Å². The monoisotopic (exact) mass is 390 g/mol. The highest BCUT2D eigenvalue weighted by atomic mass is 32.2. The van der Waals surface area contributed by atoms with Crippen molar-refractivity contribution in [2.24, 2.45) is 0 Å². The third kappa shape index (κ3) is 3.50. The highest BCUT2D eigenvalue weighted by molar-refractivity contribution is 7.86. The molecule has 28 heavy (non-hydrogen) atoms. The second-order valence-electron chi connectivity index (χ2n) is 6.65. The molecule has 0 saturated heterocycles. The fourth-order valence-electron chi connectivity index (χ4n) is 3.55. The summed E-state index contributed by atoms with van der Waals surface area (Å²) in [5, 5.41) is 10.3. The van der Waals surface area contributed by atoms with E-state index in [4.69, 9.17) is 0 Å². The Kier molecular flexibility index (Phi) is 4.63. The first-order valence-electron chi connectivity index (χ1n) is 8.77. The molecule has 0 aliphatic rings. The van der Waals surface area contributed by atoms with Crippen molar-refractivity contribution in [1.29, 1.82) is 0 Å². The SMILES string of the molecule is O=S(=O)(O)C(c1ccccc1)c1cc(-c2ccccc2)c2ccc(O)cc2c1. The van der Waals surface area contributed by atoms with Crippen LogP contribution in [0.15, 0.2) is 91.0 Å². The van der Waals surface area contributed by atoms with E-state index in [1.54, 1.807) is 54.6 Å². The molecule has 0 heterocycles. The molecule has 0 spiro atoms. The Morgan fingerprint density at radius 2 is 1.36 bits per heavy atom. The Balaban J connectivity index is 2.04. The maximum Gasteiger partial charge on any atom is 0.276 e. The van der Waals surface area contributed by atoms with Gasteiger partial charge in [-0.1, -0.05) is 66.7 Å². The van der Waals surface area contributed by atoms with Gasteiger partial charge in [0.15, 0.2) is 0 Å². The molecule has 0 fully saturated rings. The molecular weight excluding hydrogens is 372 g/mol. The summed E-state index contributed by atoms with van der Waals surface area (Å²) in [5.74, 6) is 0.0896. The van der Waals surface area contributed by atoms with Gasteiger partial charge in [0.2, 0.25) is 0 Å². The van der Waals surface area contributed by atoms with E-state index in [9.17, 15) is 18.1 Å². The minimum Gasteiger partial charge on any atom is -0.508 e. The van der Waals surface area contributed by atoms with Crippen LogP contribution < -0.4 is 0 Å². The lowest BCUT2D eigenvalue weighted by Gasteiger charge is -2.18. The molecule has 0 aliphatic carbocycles. The number of benzene rings is 4. The lowest BCUT2D eigenvalue weighted by Crippen LogP contribution is -2.13. The van der Waals surface area contributed by atoms with Crippen LogP contribution in [0.3, 0.4) is 0 Å². The number of aromatic hydroxyl groups is 1. The minimum atomic E-state index is -4.41. The van der Waals surface area contributed by atoms with Gasteiger partial charge in [-0.25, -0.2) is 0 Å². The lowest BCUT2D eigenvalue weighted by molar-refractivity contribution is 0.475. The second kappa shape index (κ2) is 7.11. The third-order valence-electron chi connectivity index (χ3n) is 4.75. The van der Waals surface area contributed by atoms with Crippen molar-refractivity contribution < 1.29 is 18.1 Å². The Morgan fingerprint density at radius 3 is 2.00 bits per heavy atom. The van der Waals surface area contributed by atoms with Crippen LogP contribution in [-0.4, -0.2) is 18.1 Å². The van der Waals surface area contributed by atoms with Crippen molar-refractivity contribution >= 4 is 20.9 Å². The summed E-state index contributed by atoms with van der Waals surface area (Å²) in [7, 11) is -4.41. The van der Waals surface area contributed by atoms with E-state index in [-0.39, 0.29) is 5.75 Å². The van der Waals surface area contributed by atoms with E-state index < -0.39 is 15.4 Å². The second-order valence-corrected chi connectivity index (χ2v) is 8.15. The van der Waals surface area contributed by atoms with Crippen LogP contribution in [0.5, 0.6) is 5.75 Å². The molecule has 4 aromatic carbocycles. The minimum absolute atomic E-state index is 0.0896. The van der Waals surface area contributed by atoms with E-state index in [1.807, 2.05) is 36.4 Å². The van der Waals surface area contributed by atoms with Crippen LogP contribution in [0.25, 0.3) is 21.9 Å². The number of fused-ring (bicyclic) bond motifs is 1. The molecule has 1 unspecified atom stereocenters. The van der Waals surface area contributed by atoms with Crippen LogP contribution in [0.4, 0.5) is 0 Å². The van der Waals surface area contributed by atoms with Crippen molar-refractivity contribution in [3.05, 3.63) is 102 Å². The van der Waals surface area contributed by atoms with Gasteiger partial charge in [-0.15, -0.1) is 0 Å². The molecule has 4 aromatic rings. The molecule has 0 bridgehead atoms. The normalized spacial score (nSPS) is 12.8. The molecule has 0 saturated carbocycles. The van der Waals surface area contributed by atoms with Gasteiger partial charge in [0.25, 0.3) is 10.1 Å². The Morgan fingerprint density at radius 1 is 0.714 bits per heavy atom. The summed E-state index contributed by atoms with van der Waals surface area (Å²) in [6.45, 7) is 0. The van der Waals surface area contributed by atoms with Crippen molar-refractivity contribution in [2.75, 3.05) is 0 Å². The average Bonchev–Trinajstić information content (AvgIpc) is 2.67. The molecule has 140 valence electrons. The number of hydrogen-bond donors (Lipinski definition) is 2. The smallest absolute Gasteiger partial charge is 0.276 e. The van der Waals surface area contributed by atoms with Crippen molar-refractivity contribution in [2.45, 2.75) is 5.25 Å². The van der Waals surface area contributed by atoms with Crippen LogP contribution >= 0.6 is 0 Å². The van der Waals surface area contributed by atoms with Crippen LogP contribution in [0, 0.1) is 0 Å². The van der Waals surface area contributed by atoms with E-state index in [2.05, 4.69) is 0 Å². The highest BCUT2D eigenvalue weighted by Gasteiger charge is 2.28. The molecule has 1 atom stereocenters. The van der Waals surface area contributed by atoms with Gasteiger partial charge in [-0.05, 0) is 57.3 Å². The van der Waals surface area contributed by atoms with E-state index in [0.29, 0.717) is 16.5 Å². The summed E-state index contributed by atoms with van der Waals surface area (Å²) in [6.07, 6.45) is 0. The summed E-state index contributed by atoms with van der Waals surface area (Å²) < 4.78 is 34.6. The number of hydrogen-bond acceptors (Lipinski definition) is 3. The van der Waals surface area contributed by atoms with Crippen molar-refractivity contribution in [3.8, 4) is 16.9 Å². The summed E-state index contributed by atoms with van der Waals surface area (Å²) in [4.78, 5) is 0. The first-order valence-corrected chi connectivity index (χ1v) is 10.3. The third-order valence-corrected chi connectivity index (χ3v) is 5.89. The van der Waals surface area contributed by atoms with Gasteiger partial charge >= 0.3 is 0 Å². The summed E-state index contributed by atoms with van der Waals surface area (Å²) in [6, 6.07) is 26.7. The van der Waals surface area contributed by atoms with E-state index in [0.717, 1.165) is 16.5 Å². The van der Waals surface area contributed by atoms with E-state index >= 15 is 0 Å². The molecule has 0 aromatic heterocycles. The molecule has 4 rings (SSSR count). The number of phenolic OH excluding ortho intramolecular Hbond substituents is 1. The quantitative estimate of drug-likeness (QED) is 0.470. The van der Waals surface area contributed by atoms with Gasteiger partial charge in [0.05, 0.1) is 0 Å². The number of phenols is 1. The van der Waals surface area contributed by atoms with Gasteiger partial charge in [-0.3, -0.25) is 4.55 Å². The van der Waals surface area contributed by atoms with E-state index in [1.165, 1.54) is 0 Å². The first-order chi connectivity index (χ1) is 13.4. The Hall–Kier alpha value is -3.15. The van der Waals surface area contributed by atoms with Gasteiger partial charge in [0, 0.05) is 0 Å². The lowest BCUT2D eigenvalue weighted by atomic mass is 9.93. The summed E-state index contributed by atoms with van der Waals surface area (Å²) >= 11 is 0. The topological polar surface area (TPSA) is 74.6 Å². The molecule has 0 amide bonds. The number of rotatable bonds is 4. The predicted octanol–water partition coefficient (Wildman–Crippen LogP) is 5.19. The zero-order valence-corrected chi connectivity index (χ0v) is 15.7. The van der Waals surface area contributed by atoms with Crippen molar-refractivity contribution in [1.82, 2.24) is 0 Å². The molecule has 2 N–H and O–H groups in total. The molecular formula is C23H18O4S. The zero-order chi connectivity index (χ0) is 19.7. The van der Waals surface area contributed by atoms with Gasteiger partial charge < -0.3 is 5.11 Å². The largest absolute Gasteiger partial charge is 0.508 e. The first kappa shape index (κ1) is 18.2. The van der Waals surface area contributed by atoms with Crippen LogP contribution in [0.2, 0.25) is 0 Å².